The quantitative estimate of drug-likeness (QED) is 0.376. The first kappa shape index (κ1) is 19.5. The molecule has 0 spiro atoms. The van der Waals surface area contributed by atoms with E-state index in [0.717, 1.165) is 39.8 Å². The predicted octanol–water partition coefficient (Wildman–Crippen LogP) is 3.62. The van der Waals surface area contributed by atoms with Crippen LogP contribution in [0.5, 0.6) is 0 Å². The van der Waals surface area contributed by atoms with E-state index in [1.165, 1.54) is 30.5 Å². The largest absolute Gasteiger partial charge is 0.416 e. The minimum atomic E-state index is -4.53. The fourth-order valence-corrected chi connectivity index (χ4v) is 2.95. The third-order valence-corrected chi connectivity index (χ3v) is 4.45. The Morgan fingerprint density at radius 1 is 1.07 bits per heavy atom. The molecular weight excluding hydrogens is 404 g/mol. The van der Waals surface area contributed by atoms with Gasteiger partial charge in [0.05, 0.1) is 24.0 Å². The average molecular weight is 416 g/mol. The Labute approximate surface area is 166 Å². The van der Waals surface area contributed by atoms with Crippen LogP contribution in [0.4, 0.5) is 17.6 Å². The Hall–Kier alpha value is -3.82. The van der Waals surface area contributed by atoms with Gasteiger partial charge in [-0.15, -0.1) is 0 Å². The molecule has 0 unspecified atom stereocenters. The second-order valence-corrected chi connectivity index (χ2v) is 6.45. The van der Waals surface area contributed by atoms with Crippen molar-refractivity contribution in [3.05, 3.63) is 88.4 Å². The number of fused-ring (bicyclic) bond motifs is 1. The van der Waals surface area contributed by atoms with Gasteiger partial charge >= 0.3 is 6.18 Å². The topological polar surface area (TPSA) is 69.8 Å². The smallest absolute Gasteiger partial charge is 0.292 e. The first-order valence-corrected chi connectivity index (χ1v) is 8.63. The number of ketones is 1. The van der Waals surface area contributed by atoms with Crippen molar-refractivity contribution in [1.29, 1.82) is 0 Å². The van der Waals surface area contributed by atoms with Gasteiger partial charge in [0.1, 0.15) is 17.5 Å². The number of hydrogen-bond donors (Lipinski definition) is 0. The molecule has 152 valence electrons. The third-order valence-electron chi connectivity index (χ3n) is 4.45. The van der Waals surface area contributed by atoms with Crippen molar-refractivity contribution in [2.45, 2.75) is 12.7 Å². The third kappa shape index (κ3) is 3.59. The first-order valence-electron chi connectivity index (χ1n) is 8.63. The Kier molecular flexibility index (Phi) is 4.69. The van der Waals surface area contributed by atoms with Crippen molar-refractivity contribution in [3.8, 4) is 5.69 Å². The lowest BCUT2D eigenvalue weighted by atomic mass is 10.1. The Balaban J connectivity index is 1.70. The van der Waals surface area contributed by atoms with Crippen LogP contribution in [0.2, 0.25) is 0 Å². The van der Waals surface area contributed by atoms with E-state index in [9.17, 15) is 27.2 Å². The van der Waals surface area contributed by atoms with Crippen molar-refractivity contribution in [2.75, 3.05) is 0 Å². The molecule has 4 rings (SSSR count). The molecule has 4 aromatic rings. The van der Waals surface area contributed by atoms with E-state index in [2.05, 4.69) is 10.1 Å². The van der Waals surface area contributed by atoms with Crippen LogP contribution in [-0.4, -0.2) is 25.1 Å². The van der Waals surface area contributed by atoms with E-state index in [-0.39, 0.29) is 28.8 Å². The van der Waals surface area contributed by atoms with Crippen molar-refractivity contribution in [1.82, 2.24) is 19.3 Å². The number of Topliss-reactive ketones (excluding diaryl/α,β-unsaturated/α-hetero) is 1. The highest BCUT2D eigenvalue weighted by atomic mass is 19.4. The van der Waals surface area contributed by atoms with Crippen molar-refractivity contribution >= 4 is 16.8 Å². The van der Waals surface area contributed by atoms with Gasteiger partial charge in [0.2, 0.25) is 0 Å². The fraction of sp³-hybridized carbons (Fsp3) is 0.100. The number of rotatable bonds is 4. The summed E-state index contributed by atoms with van der Waals surface area (Å²) in [5.41, 5.74) is -1.06. The zero-order chi connectivity index (χ0) is 21.5. The number of aromatic nitrogens is 4. The predicted molar refractivity (Wildman–Crippen MR) is 98.9 cm³/mol. The summed E-state index contributed by atoms with van der Waals surface area (Å²) in [4.78, 5) is 29.1. The number of nitrogens with zero attached hydrogens (tertiary/aromatic N) is 4. The summed E-state index contributed by atoms with van der Waals surface area (Å²) >= 11 is 0. The summed E-state index contributed by atoms with van der Waals surface area (Å²) in [6.07, 6.45) is -2.22. The molecule has 2 heterocycles. The van der Waals surface area contributed by atoms with E-state index >= 15 is 0 Å². The van der Waals surface area contributed by atoms with Crippen molar-refractivity contribution < 1.29 is 22.4 Å². The molecule has 0 aliphatic carbocycles. The molecule has 10 heteroatoms. The van der Waals surface area contributed by atoms with E-state index in [1.54, 1.807) is 0 Å². The summed E-state index contributed by atoms with van der Waals surface area (Å²) in [6.45, 7) is -0.331. The Morgan fingerprint density at radius 3 is 2.50 bits per heavy atom. The van der Waals surface area contributed by atoms with Crippen LogP contribution in [-0.2, 0) is 12.7 Å². The highest BCUT2D eigenvalue weighted by Crippen LogP contribution is 2.30. The van der Waals surface area contributed by atoms with Gasteiger partial charge in [-0.1, -0.05) is 6.07 Å². The van der Waals surface area contributed by atoms with Gasteiger partial charge in [-0.2, -0.15) is 18.3 Å². The van der Waals surface area contributed by atoms with Crippen LogP contribution in [0.1, 0.15) is 15.9 Å². The zero-order valence-electron chi connectivity index (χ0n) is 15.1. The maximum atomic E-state index is 13.0. The lowest BCUT2D eigenvalue weighted by Crippen LogP contribution is -2.24. The van der Waals surface area contributed by atoms with Crippen LogP contribution in [0.25, 0.3) is 16.7 Å². The molecule has 0 fully saturated rings. The van der Waals surface area contributed by atoms with Crippen LogP contribution < -0.4 is 5.56 Å². The van der Waals surface area contributed by atoms with Gasteiger partial charge in [-0.3, -0.25) is 14.2 Å². The molecule has 0 aliphatic heterocycles. The van der Waals surface area contributed by atoms with Gasteiger partial charge in [-0.25, -0.2) is 14.1 Å². The lowest BCUT2D eigenvalue weighted by molar-refractivity contribution is -0.137. The van der Waals surface area contributed by atoms with Gasteiger partial charge < -0.3 is 0 Å². The molecule has 0 atom stereocenters. The molecule has 0 radical (unpaired) electrons. The number of carbonyl (C=O) groups excluding carboxylic acids is 1. The normalized spacial score (nSPS) is 11.7. The second-order valence-electron chi connectivity index (χ2n) is 6.45. The molecule has 6 nitrogen and oxygen atoms in total. The molecule has 0 N–H and O–H groups in total. The summed E-state index contributed by atoms with van der Waals surface area (Å²) in [5.74, 6) is -0.919. The van der Waals surface area contributed by atoms with Crippen LogP contribution in [0, 0.1) is 5.82 Å². The summed E-state index contributed by atoms with van der Waals surface area (Å²) < 4.78 is 54.1. The molecule has 2 aromatic carbocycles. The fourth-order valence-electron chi connectivity index (χ4n) is 2.95. The lowest BCUT2D eigenvalue weighted by Gasteiger charge is -2.09. The number of hydrogen-bond acceptors (Lipinski definition) is 4. The monoisotopic (exact) mass is 416 g/mol. The molecule has 0 bridgehead atoms. The molecule has 2 aromatic heterocycles. The van der Waals surface area contributed by atoms with Crippen LogP contribution in [0.15, 0.2) is 65.8 Å². The first-order chi connectivity index (χ1) is 14.2. The van der Waals surface area contributed by atoms with E-state index < -0.39 is 28.9 Å². The molecule has 0 amide bonds. The van der Waals surface area contributed by atoms with Crippen LogP contribution in [0.3, 0.4) is 0 Å². The van der Waals surface area contributed by atoms with Crippen LogP contribution >= 0.6 is 0 Å². The average Bonchev–Trinajstić information content (AvgIpc) is 3.15. The zero-order valence-corrected chi connectivity index (χ0v) is 15.1. The highest BCUT2D eigenvalue weighted by molar-refractivity contribution is 5.96. The molecule has 30 heavy (non-hydrogen) atoms. The van der Waals surface area contributed by atoms with E-state index in [4.69, 9.17) is 0 Å². The van der Waals surface area contributed by atoms with Gasteiger partial charge in [-0.05, 0) is 42.5 Å². The second kappa shape index (κ2) is 7.21. The maximum absolute atomic E-state index is 13.0. The van der Waals surface area contributed by atoms with Crippen molar-refractivity contribution in [3.63, 3.8) is 0 Å². The number of carbonyl (C=O) groups is 1. The van der Waals surface area contributed by atoms with E-state index in [0.29, 0.717) is 0 Å². The minimum Gasteiger partial charge on any atom is -0.292 e. The van der Waals surface area contributed by atoms with Gasteiger partial charge in [0.15, 0.2) is 11.4 Å². The standard InChI is InChI=1S/C20H12F4N4O2/c21-14-6-4-12(5-7-14)17(29)10-27-11-25-18-16(19(27)30)9-26-28(18)15-3-1-2-13(8-15)20(22,23)24/h1-9,11H,10H2. The van der Waals surface area contributed by atoms with Crippen molar-refractivity contribution in [2.24, 2.45) is 0 Å². The molecular formula is C20H12F4N4O2. The summed E-state index contributed by atoms with van der Waals surface area (Å²) in [7, 11) is 0. The summed E-state index contributed by atoms with van der Waals surface area (Å²) in [6, 6.07) is 9.35. The Bertz CT molecular complexity index is 1310. The number of benzene rings is 2. The minimum absolute atomic E-state index is 0.0433. The Morgan fingerprint density at radius 2 is 1.80 bits per heavy atom. The van der Waals surface area contributed by atoms with E-state index in [1.807, 2.05) is 0 Å². The van der Waals surface area contributed by atoms with Gasteiger partial charge in [0, 0.05) is 5.56 Å². The number of halogens is 4. The highest BCUT2D eigenvalue weighted by Gasteiger charge is 2.30. The maximum Gasteiger partial charge on any atom is 0.416 e. The van der Waals surface area contributed by atoms with Gasteiger partial charge in [0.25, 0.3) is 5.56 Å². The SMILES string of the molecule is O=C(Cn1cnc2c(cnn2-c2cccc(C(F)(F)F)c2)c1=O)c1ccc(F)cc1. The summed E-state index contributed by atoms with van der Waals surface area (Å²) in [5, 5.41) is 4.03. The molecule has 0 saturated heterocycles. The molecule has 0 aliphatic rings. The molecule has 0 saturated carbocycles. The number of alkyl halides is 3.